The summed E-state index contributed by atoms with van der Waals surface area (Å²) in [6.45, 7) is 9.12. The minimum atomic E-state index is -2.54. The molecular formula is C18H29N5O5SSi. The van der Waals surface area contributed by atoms with Crippen LogP contribution in [0, 0.1) is 0 Å². The first-order valence-electron chi connectivity index (χ1n) is 10.1. The molecule has 0 saturated carbocycles. The van der Waals surface area contributed by atoms with Gasteiger partial charge in [0.1, 0.15) is 25.0 Å². The summed E-state index contributed by atoms with van der Waals surface area (Å²) in [7, 11) is -3.89. The third kappa shape index (κ3) is 3.59. The first kappa shape index (κ1) is 21.8. The Hall–Kier alpha value is -1.44. The van der Waals surface area contributed by atoms with Gasteiger partial charge in [0.2, 0.25) is 0 Å². The highest BCUT2D eigenvalue weighted by atomic mass is 32.2. The average molecular weight is 456 g/mol. The molecule has 0 aromatic carbocycles. The van der Waals surface area contributed by atoms with Crippen LogP contribution >= 0.6 is 0 Å². The Balaban J connectivity index is 1.70. The largest absolute Gasteiger partial charge is 0.388 e. The van der Waals surface area contributed by atoms with Crippen molar-refractivity contribution < 1.29 is 22.5 Å². The van der Waals surface area contributed by atoms with E-state index in [9.17, 15) is 4.21 Å². The van der Waals surface area contributed by atoms with Crippen molar-refractivity contribution in [2.75, 3.05) is 25.4 Å². The summed E-state index contributed by atoms with van der Waals surface area (Å²) in [6, 6.07) is 0. The summed E-state index contributed by atoms with van der Waals surface area (Å²) < 4.78 is 38.9. The molecule has 10 nitrogen and oxygen atoms in total. The molecule has 0 bridgehead atoms. The Kier molecular flexibility index (Phi) is 5.98. The molecule has 2 fully saturated rings. The molecule has 30 heavy (non-hydrogen) atoms. The van der Waals surface area contributed by atoms with Crippen LogP contribution in [0.1, 0.15) is 40.3 Å². The SMILES string of the molecule is CC(C)[Si]1(C(C)C)OCOC[C@@H]2O[C@@H](n3nc(S(C)=O)c4c(N)ncnc43)C[C@@H]2O1. The summed E-state index contributed by atoms with van der Waals surface area (Å²) in [5.41, 5.74) is 7.04. The maximum atomic E-state index is 12.2. The van der Waals surface area contributed by atoms with Crippen LogP contribution < -0.4 is 5.73 Å². The number of hydrogen-bond acceptors (Lipinski definition) is 9. The fourth-order valence-electron chi connectivity index (χ4n) is 4.33. The number of nitrogen functional groups attached to an aromatic ring is 1. The molecule has 4 atom stereocenters. The predicted molar refractivity (Wildman–Crippen MR) is 113 cm³/mol. The minimum absolute atomic E-state index is 0.194. The zero-order valence-corrected chi connectivity index (χ0v) is 19.7. The second kappa shape index (κ2) is 8.24. The molecule has 4 rings (SSSR count). The van der Waals surface area contributed by atoms with E-state index in [-0.39, 0.29) is 35.9 Å². The minimum Gasteiger partial charge on any atom is -0.388 e. The normalized spacial score (nSPS) is 27.9. The highest BCUT2D eigenvalue weighted by Crippen LogP contribution is 2.42. The van der Waals surface area contributed by atoms with Crippen molar-refractivity contribution in [2.45, 2.75) is 68.7 Å². The smallest absolute Gasteiger partial charge is 0.345 e. The van der Waals surface area contributed by atoms with Gasteiger partial charge in [-0.25, -0.2) is 14.6 Å². The molecule has 2 aliphatic rings. The lowest BCUT2D eigenvalue weighted by Gasteiger charge is -2.41. The van der Waals surface area contributed by atoms with Crippen LogP contribution in [0.15, 0.2) is 11.4 Å². The Bertz CT molecular complexity index is 946. The van der Waals surface area contributed by atoms with E-state index >= 15 is 0 Å². The van der Waals surface area contributed by atoms with Gasteiger partial charge in [-0.3, -0.25) is 4.21 Å². The third-order valence-corrected chi connectivity index (χ3v) is 11.1. The molecule has 0 aliphatic carbocycles. The highest BCUT2D eigenvalue weighted by Gasteiger charge is 2.52. The monoisotopic (exact) mass is 455 g/mol. The Morgan fingerprint density at radius 1 is 1.23 bits per heavy atom. The summed E-state index contributed by atoms with van der Waals surface area (Å²) in [5.74, 6) is 0.250. The lowest BCUT2D eigenvalue weighted by Crippen LogP contribution is -2.54. The van der Waals surface area contributed by atoms with E-state index in [4.69, 9.17) is 24.1 Å². The van der Waals surface area contributed by atoms with E-state index in [2.05, 4.69) is 42.8 Å². The number of hydrogen-bond donors (Lipinski definition) is 1. The molecular weight excluding hydrogens is 426 g/mol. The van der Waals surface area contributed by atoms with E-state index in [1.807, 2.05) is 0 Å². The molecule has 2 N–H and O–H groups in total. The Morgan fingerprint density at radius 3 is 2.63 bits per heavy atom. The van der Waals surface area contributed by atoms with E-state index in [1.54, 1.807) is 10.9 Å². The topological polar surface area (TPSA) is 124 Å². The van der Waals surface area contributed by atoms with Crippen molar-refractivity contribution >= 4 is 36.2 Å². The number of rotatable bonds is 4. The maximum absolute atomic E-state index is 12.2. The van der Waals surface area contributed by atoms with Gasteiger partial charge in [0.25, 0.3) is 0 Å². The van der Waals surface area contributed by atoms with Crippen molar-refractivity contribution in [1.29, 1.82) is 0 Å². The van der Waals surface area contributed by atoms with Gasteiger partial charge in [0.05, 0.1) is 28.9 Å². The number of ether oxygens (including phenoxy) is 2. The summed E-state index contributed by atoms with van der Waals surface area (Å²) in [6.07, 6.45) is 2.60. The van der Waals surface area contributed by atoms with Crippen molar-refractivity contribution in [2.24, 2.45) is 0 Å². The quantitative estimate of drug-likeness (QED) is 0.690. The van der Waals surface area contributed by atoms with Crippen molar-refractivity contribution in [3.63, 3.8) is 0 Å². The van der Waals surface area contributed by atoms with Crippen LogP contribution in [-0.4, -0.2) is 64.4 Å². The van der Waals surface area contributed by atoms with E-state index in [1.165, 1.54) is 6.33 Å². The molecule has 12 heteroatoms. The van der Waals surface area contributed by atoms with Gasteiger partial charge in [-0.05, 0) is 11.1 Å². The van der Waals surface area contributed by atoms with Crippen LogP contribution in [0.3, 0.4) is 0 Å². The molecule has 2 aromatic rings. The van der Waals surface area contributed by atoms with Gasteiger partial charge < -0.3 is 24.1 Å². The standard InChI is InChI=1S/C18H29N5O5SSi/c1-10(2)30(11(3)4)26-9-25-7-13-12(28-30)6-14(27-13)23-17-15(16(19)20-8-21-17)18(22-23)29(5)24/h8,10-14H,6-7,9H2,1-5H3,(H2,19,20,21)/t12-,13-,14+,29?/m0/s1. The zero-order valence-electron chi connectivity index (χ0n) is 17.9. The molecule has 4 heterocycles. The lowest BCUT2D eigenvalue weighted by molar-refractivity contribution is -0.116. The molecule has 2 saturated heterocycles. The number of aromatic nitrogens is 4. The van der Waals surface area contributed by atoms with Gasteiger partial charge in [0.15, 0.2) is 16.9 Å². The average Bonchev–Trinajstić information content (AvgIpc) is 3.23. The van der Waals surface area contributed by atoms with Gasteiger partial charge in [0, 0.05) is 12.7 Å². The van der Waals surface area contributed by atoms with Crippen molar-refractivity contribution in [3.05, 3.63) is 6.33 Å². The maximum Gasteiger partial charge on any atom is 0.345 e. The van der Waals surface area contributed by atoms with Crippen LogP contribution in [-0.2, 0) is 29.1 Å². The zero-order chi connectivity index (χ0) is 21.6. The summed E-state index contributed by atoms with van der Waals surface area (Å²) >= 11 is 0. The third-order valence-electron chi connectivity index (χ3n) is 5.81. The molecule has 0 spiro atoms. The Labute approximate surface area is 179 Å². The van der Waals surface area contributed by atoms with Crippen LogP contribution in [0.4, 0.5) is 5.82 Å². The molecule has 2 aliphatic heterocycles. The number of anilines is 1. The second-order valence-electron chi connectivity index (χ2n) is 8.35. The number of nitrogens with zero attached hydrogens (tertiary/aromatic N) is 4. The van der Waals surface area contributed by atoms with Crippen LogP contribution in [0.2, 0.25) is 11.1 Å². The highest BCUT2D eigenvalue weighted by molar-refractivity contribution is 7.84. The van der Waals surface area contributed by atoms with Crippen molar-refractivity contribution in [1.82, 2.24) is 19.7 Å². The van der Waals surface area contributed by atoms with Gasteiger partial charge in [-0.2, -0.15) is 5.10 Å². The second-order valence-corrected chi connectivity index (χ2v) is 13.9. The molecule has 0 radical (unpaired) electrons. The predicted octanol–water partition coefficient (Wildman–Crippen LogP) is 2.09. The molecule has 2 aromatic heterocycles. The van der Waals surface area contributed by atoms with Gasteiger partial charge in [-0.1, -0.05) is 27.7 Å². The van der Waals surface area contributed by atoms with Crippen molar-refractivity contribution in [3.8, 4) is 0 Å². The van der Waals surface area contributed by atoms with E-state index in [0.717, 1.165) is 0 Å². The number of nitrogens with two attached hydrogens (primary N) is 1. The first-order chi connectivity index (χ1) is 14.2. The summed E-state index contributed by atoms with van der Waals surface area (Å²) in [5, 5.41) is 5.39. The van der Waals surface area contributed by atoms with Crippen LogP contribution in [0.25, 0.3) is 11.0 Å². The fraction of sp³-hybridized carbons (Fsp3) is 0.722. The fourth-order valence-corrected chi connectivity index (χ4v) is 8.62. The summed E-state index contributed by atoms with van der Waals surface area (Å²) in [4.78, 5) is 8.36. The van der Waals surface area contributed by atoms with Gasteiger partial charge in [-0.15, -0.1) is 0 Å². The van der Waals surface area contributed by atoms with Crippen LogP contribution in [0.5, 0.6) is 0 Å². The Morgan fingerprint density at radius 2 is 1.97 bits per heavy atom. The lowest BCUT2D eigenvalue weighted by atomic mass is 10.2. The molecule has 0 amide bonds. The molecule has 1 unspecified atom stereocenters. The van der Waals surface area contributed by atoms with E-state index < -0.39 is 25.6 Å². The first-order valence-corrected chi connectivity index (χ1v) is 13.6. The number of fused-ring (bicyclic) bond motifs is 2. The van der Waals surface area contributed by atoms with Gasteiger partial charge >= 0.3 is 8.56 Å². The molecule has 166 valence electrons. The van der Waals surface area contributed by atoms with E-state index in [0.29, 0.717) is 29.1 Å².